The van der Waals surface area contributed by atoms with E-state index in [2.05, 4.69) is 9.88 Å². The van der Waals surface area contributed by atoms with Crippen molar-refractivity contribution in [2.24, 2.45) is 0 Å². The van der Waals surface area contributed by atoms with Crippen molar-refractivity contribution in [3.63, 3.8) is 0 Å². The molecule has 8 heteroatoms. The van der Waals surface area contributed by atoms with Gasteiger partial charge >= 0.3 is 5.97 Å². The van der Waals surface area contributed by atoms with Gasteiger partial charge in [0.25, 0.3) is 5.56 Å². The molecule has 160 valence electrons. The molecule has 31 heavy (non-hydrogen) atoms. The van der Waals surface area contributed by atoms with Crippen LogP contribution in [0.4, 0.5) is 15.9 Å². The quantitative estimate of drug-likeness (QED) is 0.696. The van der Waals surface area contributed by atoms with Crippen LogP contribution in [0, 0.1) is 12.7 Å². The van der Waals surface area contributed by atoms with Gasteiger partial charge in [0.15, 0.2) is 5.82 Å². The zero-order valence-electron chi connectivity index (χ0n) is 17.2. The van der Waals surface area contributed by atoms with Crippen LogP contribution in [0.15, 0.2) is 41.5 Å². The van der Waals surface area contributed by atoms with Gasteiger partial charge in [-0.05, 0) is 55.0 Å². The predicted octanol–water partition coefficient (Wildman–Crippen LogP) is 3.04. The molecule has 0 amide bonds. The largest absolute Gasteiger partial charge is 0.477 e. The van der Waals surface area contributed by atoms with Gasteiger partial charge in [0.2, 0.25) is 0 Å². The van der Waals surface area contributed by atoms with Crippen molar-refractivity contribution in [2.75, 3.05) is 36.0 Å². The number of fused-ring (bicyclic) bond motifs is 1. The number of rotatable bonds is 4. The minimum Gasteiger partial charge on any atom is -0.477 e. The second kappa shape index (κ2) is 7.37. The average Bonchev–Trinajstić information content (AvgIpc) is 3.61. The first kappa shape index (κ1) is 19.5. The van der Waals surface area contributed by atoms with Gasteiger partial charge in [0, 0.05) is 32.4 Å². The average molecular weight is 422 g/mol. The number of pyridine rings is 3. The maximum atomic E-state index is 15.3. The number of carbonyl (C=O) groups is 1. The van der Waals surface area contributed by atoms with Crippen LogP contribution in [0.5, 0.6) is 0 Å². The maximum absolute atomic E-state index is 15.3. The third kappa shape index (κ3) is 3.32. The topological polar surface area (TPSA) is 78.2 Å². The zero-order valence-corrected chi connectivity index (χ0v) is 17.2. The highest BCUT2D eigenvalue weighted by atomic mass is 19.1. The summed E-state index contributed by atoms with van der Waals surface area (Å²) in [6.07, 6.45) is 4.81. The van der Waals surface area contributed by atoms with Crippen LogP contribution in [0.1, 0.15) is 40.2 Å². The highest BCUT2D eigenvalue weighted by molar-refractivity contribution is 5.89. The Morgan fingerprint density at radius 3 is 2.48 bits per heavy atom. The number of aromatic carboxylic acids is 1. The van der Waals surface area contributed by atoms with Crippen molar-refractivity contribution >= 4 is 23.0 Å². The molecule has 4 heterocycles. The van der Waals surface area contributed by atoms with Crippen LogP contribution in [0.2, 0.25) is 0 Å². The van der Waals surface area contributed by atoms with E-state index in [0.29, 0.717) is 42.9 Å². The highest BCUT2D eigenvalue weighted by Crippen LogP contribution is 2.44. The van der Waals surface area contributed by atoms with Crippen molar-refractivity contribution in [2.45, 2.75) is 25.7 Å². The fraction of sp³-hybridized carbons (Fsp3) is 0.348. The first-order valence-electron chi connectivity index (χ1n) is 10.5. The van der Waals surface area contributed by atoms with E-state index in [0.717, 1.165) is 30.4 Å². The molecule has 2 fully saturated rings. The zero-order chi connectivity index (χ0) is 21.7. The SMILES string of the molecule is Cc1c(N2CCN(c3ccccn3)CC2)c(F)cn2c(=O)c(C(=O)O)cc(C3CC3)c12. The van der Waals surface area contributed by atoms with E-state index < -0.39 is 17.3 Å². The van der Waals surface area contributed by atoms with Crippen LogP contribution in [0.25, 0.3) is 5.52 Å². The van der Waals surface area contributed by atoms with Crippen molar-refractivity contribution in [1.82, 2.24) is 9.38 Å². The molecule has 0 unspecified atom stereocenters. The normalized spacial score (nSPS) is 16.7. The van der Waals surface area contributed by atoms with E-state index in [1.54, 1.807) is 6.20 Å². The van der Waals surface area contributed by atoms with Gasteiger partial charge in [-0.25, -0.2) is 14.2 Å². The molecule has 7 nitrogen and oxygen atoms in total. The van der Waals surface area contributed by atoms with Crippen LogP contribution >= 0.6 is 0 Å². The summed E-state index contributed by atoms with van der Waals surface area (Å²) in [6.45, 7) is 4.49. The van der Waals surface area contributed by atoms with E-state index in [1.165, 1.54) is 10.5 Å². The number of piperazine rings is 1. The molecule has 0 radical (unpaired) electrons. The summed E-state index contributed by atoms with van der Waals surface area (Å²) in [5.74, 6) is -0.676. The van der Waals surface area contributed by atoms with Gasteiger partial charge < -0.3 is 14.9 Å². The summed E-state index contributed by atoms with van der Waals surface area (Å²) in [5.41, 5.74) is 1.63. The molecule has 0 spiro atoms. The molecule has 0 bridgehead atoms. The van der Waals surface area contributed by atoms with Crippen LogP contribution in [0.3, 0.4) is 0 Å². The molecule has 5 rings (SSSR count). The Hall–Kier alpha value is -3.42. The smallest absolute Gasteiger partial charge is 0.341 e. The van der Waals surface area contributed by atoms with E-state index >= 15 is 4.39 Å². The van der Waals surface area contributed by atoms with Gasteiger partial charge in [0.05, 0.1) is 17.4 Å². The van der Waals surface area contributed by atoms with Crippen molar-refractivity contribution in [3.8, 4) is 0 Å². The van der Waals surface area contributed by atoms with E-state index in [1.807, 2.05) is 30.0 Å². The monoisotopic (exact) mass is 422 g/mol. The van der Waals surface area contributed by atoms with Crippen molar-refractivity contribution in [3.05, 3.63) is 69.5 Å². The highest BCUT2D eigenvalue weighted by Gasteiger charge is 2.31. The third-order valence-corrected chi connectivity index (χ3v) is 6.26. The summed E-state index contributed by atoms with van der Waals surface area (Å²) in [5, 5.41) is 9.44. The van der Waals surface area contributed by atoms with Crippen molar-refractivity contribution < 1.29 is 14.3 Å². The summed E-state index contributed by atoms with van der Waals surface area (Å²) in [7, 11) is 0. The van der Waals surface area contributed by atoms with Crippen molar-refractivity contribution in [1.29, 1.82) is 0 Å². The standard InChI is InChI=1S/C23H23FN4O3/c1-14-20-16(15-5-6-15)12-17(23(30)31)22(29)28(20)13-18(24)21(14)27-10-8-26(9-11-27)19-4-2-3-7-25-19/h2-4,7,12-13,15H,5-6,8-11H2,1H3,(H,30,31). The van der Waals surface area contributed by atoms with Gasteiger partial charge in [-0.2, -0.15) is 0 Å². The fourth-order valence-corrected chi connectivity index (χ4v) is 4.59. The number of anilines is 2. The number of aryl methyl sites for hydroxylation is 1. The summed E-state index contributed by atoms with van der Waals surface area (Å²) >= 11 is 0. The molecule has 3 aromatic rings. The number of carboxylic acids is 1. The third-order valence-electron chi connectivity index (χ3n) is 6.26. The summed E-state index contributed by atoms with van der Waals surface area (Å²) in [4.78, 5) is 32.9. The lowest BCUT2D eigenvalue weighted by atomic mass is 10.0. The molecule has 2 aliphatic rings. The van der Waals surface area contributed by atoms with E-state index in [4.69, 9.17) is 0 Å². The molecule has 0 atom stereocenters. The number of halogens is 1. The lowest BCUT2D eigenvalue weighted by Gasteiger charge is -2.37. The lowest BCUT2D eigenvalue weighted by Crippen LogP contribution is -2.47. The number of aromatic nitrogens is 2. The fourth-order valence-electron chi connectivity index (χ4n) is 4.59. The van der Waals surface area contributed by atoms with Gasteiger partial charge in [-0.1, -0.05) is 6.07 Å². The molecule has 1 saturated heterocycles. The van der Waals surface area contributed by atoms with E-state index in [-0.39, 0.29) is 11.5 Å². The Balaban J connectivity index is 1.56. The Morgan fingerprint density at radius 1 is 1.16 bits per heavy atom. The van der Waals surface area contributed by atoms with Gasteiger partial charge in [0.1, 0.15) is 11.4 Å². The Bertz CT molecular complexity index is 1230. The minimum absolute atomic E-state index is 0.215. The van der Waals surface area contributed by atoms with Gasteiger partial charge in [-0.3, -0.25) is 9.20 Å². The van der Waals surface area contributed by atoms with E-state index in [9.17, 15) is 14.7 Å². The summed E-state index contributed by atoms with van der Waals surface area (Å²) in [6, 6.07) is 7.28. The Kier molecular flexibility index (Phi) is 4.64. The molecule has 1 aliphatic heterocycles. The second-order valence-electron chi connectivity index (χ2n) is 8.23. The molecule has 0 aromatic carbocycles. The van der Waals surface area contributed by atoms with Crippen LogP contribution < -0.4 is 15.4 Å². The minimum atomic E-state index is -1.28. The number of carboxylic acid groups (broad SMARTS) is 1. The summed E-state index contributed by atoms with van der Waals surface area (Å²) < 4.78 is 16.5. The lowest BCUT2D eigenvalue weighted by molar-refractivity contribution is 0.0694. The molecule has 1 aliphatic carbocycles. The number of hydrogen-bond acceptors (Lipinski definition) is 5. The molecule has 1 saturated carbocycles. The predicted molar refractivity (Wildman–Crippen MR) is 116 cm³/mol. The molecular weight excluding hydrogens is 399 g/mol. The maximum Gasteiger partial charge on any atom is 0.341 e. The number of hydrogen-bond donors (Lipinski definition) is 1. The molecular formula is C23H23FN4O3. The van der Waals surface area contributed by atoms with Crippen LogP contribution in [-0.4, -0.2) is 46.6 Å². The molecule has 3 aromatic heterocycles. The Labute approximate surface area is 178 Å². The first-order chi connectivity index (χ1) is 15.0. The second-order valence-corrected chi connectivity index (χ2v) is 8.23. The molecule has 1 N–H and O–H groups in total. The number of nitrogens with zero attached hydrogens (tertiary/aromatic N) is 4. The Morgan fingerprint density at radius 2 is 1.87 bits per heavy atom. The van der Waals surface area contributed by atoms with Crippen LogP contribution in [-0.2, 0) is 0 Å². The van der Waals surface area contributed by atoms with Gasteiger partial charge in [-0.15, -0.1) is 0 Å². The first-order valence-corrected chi connectivity index (χ1v) is 10.5.